The van der Waals surface area contributed by atoms with Gasteiger partial charge in [-0.15, -0.1) is 11.3 Å². The Kier molecular flexibility index (Phi) is 2.60. The molecule has 0 amide bonds. The number of nitrogens with two attached hydrogens (primary N) is 1. The predicted molar refractivity (Wildman–Crippen MR) is 62.2 cm³/mol. The standard InChI is InChI=1S/C11H11NO2S/c1-2-14-11(13)10-6-7-8(12)4-3-5-9(7)15-10/h3-6H,2,12H2,1H3. The van der Waals surface area contributed by atoms with Crippen LogP contribution in [0.4, 0.5) is 5.69 Å². The van der Waals surface area contributed by atoms with Crippen LogP contribution in [-0.2, 0) is 4.74 Å². The number of fused-ring (bicyclic) bond motifs is 1. The lowest BCUT2D eigenvalue weighted by Crippen LogP contribution is -2.01. The smallest absolute Gasteiger partial charge is 0.348 e. The SMILES string of the molecule is CCOC(=O)c1cc2c(N)cccc2s1. The van der Waals surface area contributed by atoms with E-state index < -0.39 is 0 Å². The van der Waals surface area contributed by atoms with Gasteiger partial charge in [0.15, 0.2) is 0 Å². The first-order valence-electron chi connectivity index (χ1n) is 4.67. The first-order chi connectivity index (χ1) is 7.22. The number of anilines is 1. The third-order valence-electron chi connectivity index (χ3n) is 2.07. The second kappa shape index (κ2) is 3.90. The summed E-state index contributed by atoms with van der Waals surface area (Å²) in [6.07, 6.45) is 0. The summed E-state index contributed by atoms with van der Waals surface area (Å²) in [4.78, 5) is 12.1. The highest BCUT2D eigenvalue weighted by Crippen LogP contribution is 2.29. The highest BCUT2D eigenvalue weighted by atomic mass is 32.1. The van der Waals surface area contributed by atoms with E-state index in [1.807, 2.05) is 18.2 Å². The predicted octanol–water partition coefficient (Wildman–Crippen LogP) is 2.66. The van der Waals surface area contributed by atoms with Crippen molar-refractivity contribution in [2.75, 3.05) is 12.3 Å². The zero-order valence-corrected chi connectivity index (χ0v) is 9.14. The second-order valence-electron chi connectivity index (χ2n) is 3.09. The first kappa shape index (κ1) is 9.98. The number of hydrogen-bond acceptors (Lipinski definition) is 4. The molecule has 0 aliphatic rings. The third-order valence-corrected chi connectivity index (χ3v) is 3.15. The topological polar surface area (TPSA) is 52.3 Å². The number of nitrogen functional groups attached to an aromatic ring is 1. The average molecular weight is 221 g/mol. The number of thiophene rings is 1. The monoisotopic (exact) mass is 221 g/mol. The highest BCUT2D eigenvalue weighted by molar-refractivity contribution is 7.20. The Balaban J connectivity index is 2.47. The van der Waals surface area contributed by atoms with E-state index in [9.17, 15) is 4.79 Å². The van der Waals surface area contributed by atoms with Crippen LogP contribution in [0.5, 0.6) is 0 Å². The fraction of sp³-hybridized carbons (Fsp3) is 0.182. The van der Waals surface area contributed by atoms with Gasteiger partial charge in [0.25, 0.3) is 0 Å². The van der Waals surface area contributed by atoms with E-state index in [4.69, 9.17) is 10.5 Å². The minimum absolute atomic E-state index is 0.280. The molecule has 0 spiro atoms. The van der Waals surface area contributed by atoms with E-state index in [2.05, 4.69) is 0 Å². The fourth-order valence-electron chi connectivity index (χ4n) is 1.39. The van der Waals surface area contributed by atoms with Crippen molar-refractivity contribution >= 4 is 33.1 Å². The van der Waals surface area contributed by atoms with Crippen LogP contribution in [0.15, 0.2) is 24.3 Å². The minimum atomic E-state index is -0.280. The number of rotatable bonds is 2. The number of esters is 1. The summed E-state index contributed by atoms with van der Waals surface area (Å²) >= 11 is 1.40. The molecule has 0 bridgehead atoms. The molecule has 3 nitrogen and oxygen atoms in total. The first-order valence-corrected chi connectivity index (χ1v) is 5.49. The van der Waals surface area contributed by atoms with Crippen molar-refractivity contribution in [1.82, 2.24) is 0 Å². The van der Waals surface area contributed by atoms with Gasteiger partial charge in [-0.2, -0.15) is 0 Å². The maximum Gasteiger partial charge on any atom is 0.348 e. The molecular formula is C11H11NO2S. The van der Waals surface area contributed by atoms with E-state index in [-0.39, 0.29) is 5.97 Å². The maximum atomic E-state index is 11.5. The van der Waals surface area contributed by atoms with Crippen LogP contribution in [0, 0.1) is 0 Å². The summed E-state index contributed by atoms with van der Waals surface area (Å²) in [6, 6.07) is 7.43. The molecule has 1 aromatic carbocycles. The number of benzene rings is 1. The Labute approximate surface area is 91.5 Å². The molecule has 0 saturated heterocycles. The Hall–Kier alpha value is -1.55. The van der Waals surface area contributed by atoms with Crippen LogP contribution in [0.25, 0.3) is 10.1 Å². The highest BCUT2D eigenvalue weighted by Gasteiger charge is 2.11. The normalized spacial score (nSPS) is 10.5. The second-order valence-corrected chi connectivity index (χ2v) is 4.17. The van der Waals surface area contributed by atoms with Crippen LogP contribution in [0.1, 0.15) is 16.6 Å². The minimum Gasteiger partial charge on any atom is -0.462 e. The molecule has 1 aromatic heterocycles. The molecule has 1 heterocycles. The van der Waals surface area contributed by atoms with Crippen molar-refractivity contribution in [3.63, 3.8) is 0 Å². The number of carbonyl (C=O) groups is 1. The Bertz CT molecular complexity index is 504. The quantitative estimate of drug-likeness (QED) is 0.626. The van der Waals surface area contributed by atoms with Gasteiger partial charge in [-0.05, 0) is 25.1 Å². The molecule has 78 valence electrons. The lowest BCUT2D eigenvalue weighted by atomic mass is 10.2. The molecule has 4 heteroatoms. The molecule has 15 heavy (non-hydrogen) atoms. The fourth-order valence-corrected chi connectivity index (χ4v) is 2.38. The van der Waals surface area contributed by atoms with E-state index in [1.165, 1.54) is 11.3 Å². The van der Waals surface area contributed by atoms with Gasteiger partial charge in [0.05, 0.1) is 6.61 Å². The zero-order valence-electron chi connectivity index (χ0n) is 8.32. The van der Waals surface area contributed by atoms with Crippen molar-refractivity contribution in [1.29, 1.82) is 0 Å². The van der Waals surface area contributed by atoms with Crippen LogP contribution in [-0.4, -0.2) is 12.6 Å². The van der Waals surface area contributed by atoms with E-state index in [0.717, 1.165) is 10.1 Å². The molecule has 0 saturated carbocycles. The molecule has 2 N–H and O–H groups in total. The Morgan fingerprint density at radius 2 is 2.33 bits per heavy atom. The van der Waals surface area contributed by atoms with Gasteiger partial charge in [-0.25, -0.2) is 4.79 Å². The largest absolute Gasteiger partial charge is 0.462 e. The number of ether oxygens (including phenoxy) is 1. The van der Waals surface area contributed by atoms with Gasteiger partial charge in [0.2, 0.25) is 0 Å². The van der Waals surface area contributed by atoms with Gasteiger partial charge < -0.3 is 10.5 Å². The molecular weight excluding hydrogens is 210 g/mol. The molecule has 0 fully saturated rings. The summed E-state index contributed by atoms with van der Waals surface area (Å²) in [5.41, 5.74) is 6.49. The average Bonchev–Trinajstić information content (AvgIpc) is 2.63. The number of carbonyl (C=O) groups excluding carboxylic acids is 1. The summed E-state index contributed by atoms with van der Waals surface area (Å²) in [6.45, 7) is 2.18. The van der Waals surface area contributed by atoms with Crippen LogP contribution >= 0.6 is 11.3 Å². The Morgan fingerprint density at radius 3 is 3.00 bits per heavy atom. The van der Waals surface area contributed by atoms with Crippen LogP contribution in [0.2, 0.25) is 0 Å². The molecule has 0 aliphatic carbocycles. The molecule has 0 atom stereocenters. The molecule has 0 radical (unpaired) electrons. The van der Waals surface area contributed by atoms with Crippen molar-refractivity contribution < 1.29 is 9.53 Å². The van der Waals surface area contributed by atoms with Crippen molar-refractivity contribution in [3.8, 4) is 0 Å². The molecule has 2 aromatic rings. The summed E-state index contributed by atoms with van der Waals surface area (Å²) in [5.74, 6) is -0.280. The third kappa shape index (κ3) is 1.80. The molecule has 0 unspecified atom stereocenters. The van der Waals surface area contributed by atoms with Gasteiger partial charge in [-0.1, -0.05) is 6.07 Å². The lowest BCUT2D eigenvalue weighted by molar-refractivity contribution is 0.0532. The van der Waals surface area contributed by atoms with Gasteiger partial charge in [0, 0.05) is 15.8 Å². The summed E-state index contributed by atoms with van der Waals surface area (Å²) < 4.78 is 5.94. The van der Waals surface area contributed by atoms with Crippen molar-refractivity contribution in [3.05, 3.63) is 29.1 Å². The van der Waals surface area contributed by atoms with E-state index in [1.54, 1.807) is 13.0 Å². The Morgan fingerprint density at radius 1 is 1.53 bits per heavy atom. The van der Waals surface area contributed by atoms with E-state index in [0.29, 0.717) is 17.2 Å². The van der Waals surface area contributed by atoms with Gasteiger partial charge in [0.1, 0.15) is 4.88 Å². The lowest BCUT2D eigenvalue weighted by Gasteiger charge is -1.95. The summed E-state index contributed by atoms with van der Waals surface area (Å²) in [5, 5.41) is 0.922. The van der Waals surface area contributed by atoms with Crippen molar-refractivity contribution in [2.45, 2.75) is 6.92 Å². The van der Waals surface area contributed by atoms with Crippen molar-refractivity contribution in [2.24, 2.45) is 0 Å². The zero-order chi connectivity index (χ0) is 10.8. The maximum absolute atomic E-state index is 11.5. The molecule has 0 aliphatic heterocycles. The molecule has 2 rings (SSSR count). The van der Waals surface area contributed by atoms with Gasteiger partial charge >= 0.3 is 5.97 Å². The van der Waals surface area contributed by atoms with Crippen LogP contribution < -0.4 is 5.73 Å². The summed E-state index contributed by atoms with van der Waals surface area (Å²) in [7, 11) is 0. The number of hydrogen-bond donors (Lipinski definition) is 1. The van der Waals surface area contributed by atoms with Gasteiger partial charge in [-0.3, -0.25) is 0 Å². The van der Waals surface area contributed by atoms with E-state index >= 15 is 0 Å². The van der Waals surface area contributed by atoms with Crippen LogP contribution in [0.3, 0.4) is 0 Å².